The monoisotopic (exact) mass is 309 g/mol. The lowest BCUT2D eigenvalue weighted by atomic mass is 9.90. The quantitative estimate of drug-likeness (QED) is 0.863. The average molecular weight is 309 g/mol. The fourth-order valence-electron chi connectivity index (χ4n) is 3.53. The summed E-state index contributed by atoms with van der Waals surface area (Å²) in [5.41, 5.74) is 0. The van der Waals surface area contributed by atoms with Crippen LogP contribution in [-0.4, -0.2) is 43.2 Å². The zero-order valence-corrected chi connectivity index (χ0v) is 12.8. The van der Waals surface area contributed by atoms with Gasteiger partial charge in [0.25, 0.3) is 0 Å². The molecule has 2 rings (SSSR count). The van der Waals surface area contributed by atoms with Crippen LogP contribution in [-0.2, 0) is 9.47 Å². The predicted molar refractivity (Wildman–Crippen MR) is 74.2 cm³/mol. The molecule has 3 nitrogen and oxygen atoms in total. The molecule has 0 radical (unpaired) electrons. The molecule has 0 spiro atoms. The lowest BCUT2D eigenvalue weighted by Gasteiger charge is -2.37. The lowest BCUT2D eigenvalue weighted by Crippen LogP contribution is -2.48. The van der Waals surface area contributed by atoms with E-state index in [1.807, 2.05) is 0 Å². The molecule has 1 aliphatic heterocycles. The fraction of sp³-hybridized carbons (Fsp3) is 1.00. The van der Waals surface area contributed by atoms with Gasteiger partial charge in [-0.1, -0.05) is 0 Å². The summed E-state index contributed by atoms with van der Waals surface area (Å²) in [6.07, 6.45) is 1.27. The van der Waals surface area contributed by atoms with Crippen LogP contribution in [0.25, 0.3) is 0 Å². The highest BCUT2D eigenvalue weighted by Crippen LogP contribution is 2.26. The highest BCUT2D eigenvalue weighted by Gasteiger charge is 2.32. The minimum absolute atomic E-state index is 0.243. The molecule has 21 heavy (non-hydrogen) atoms. The summed E-state index contributed by atoms with van der Waals surface area (Å²) < 4.78 is 47.4. The molecule has 4 unspecified atom stereocenters. The van der Waals surface area contributed by atoms with E-state index in [4.69, 9.17) is 9.47 Å². The first-order valence-corrected chi connectivity index (χ1v) is 7.91. The zero-order valence-electron chi connectivity index (χ0n) is 12.8. The van der Waals surface area contributed by atoms with Gasteiger partial charge in [0, 0.05) is 12.1 Å². The summed E-state index contributed by atoms with van der Waals surface area (Å²) in [5, 5.41) is 3.60. The third-order valence-corrected chi connectivity index (χ3v) is 4.28. The van der Waals surface area contributed by atoms with Crippen molar-refractivity contribution >= 4 is 0 Å². The largest absolute Gasteiger partial charge is 0.411 e. The second kappa shape index (κ2) is 7.29. The van der Waals surface area contributed by atoms with Gasteiger partial charge >= 0.3 is 6.18 Å². The first-order chi connectivity index (χ1) is 9.82. The molecule has 0 bridgehead atoms. The van der Waals surface area contributed by atoms with E-state index < -0.39 is 12.8 Å². The molecule has 2 aliphatic rings. The number of ether oxygens (including phenoxy) is 2. The minimum atomic E-state index is -4.23. The zero-order chi connectivity index (χ0) is 15.5. The molecule has 1 saturated carbocycles. The molecular weight excluding hydrogens is 283 g/mol. The fourth-order valence-corrected chi connectivity index (χ4v) is 3.53. The molecule has 0 amide bonds. The summed E-state index contributed by atoms with van der Waals surface area (Å²) in [5.74, 6) is 0. The van der Waals surface area contributed by atoms with Crippen LogP contribution in [0.2, 0.25) is 0 Å². The first-order valence-electron chi connectivity index (χ1n) is 7.91. The highest BCUT2D eigenvalue weighted by atomic mass is 19.4. The van der Waals surface area contributed by atoms with Crippen LogP contribution in [0.5, 0.6) is 0 Å². The summed E-state index contributed by atoms with van der Waals surface area (Å²) in [7, 11) is 0. The Labute approximate surface area is 124 Å². The van der Waals surface area contributed by atoms with Crippen LogP contribution in [0, 0.1) is 0 Å². The maximum atomic E-state index is 12.2. The van der Waals surface area contributed by atoms with Crippen LogP contribution in [0.1, 0.15) is 52.4 Å². The topological polar surface area (TPSA) is 30.5 Å². The van der Waals surface area contributed by atoms with Crippen LogP contribution < -0.4 is 5.32 Å². The van der Waals surface area contributed by atoms with Gasteiger partial charge in [-0.25, -0.2) is 0 Å². The van der Waals surface area contributed by atoms with E-state index in [0.717, 1.165) is 32.1 Å². The van der Waals surface area contributed by atoms with Crippen LogP contribution in [0.4, 0.5) is 13.2 Å². The number of nitrogens with one attached hydrogen (secondary N) is 1. The van der Waals surface area contributed by atoms with Gasteiger partial charge in [0.05, 0.1) is 18.3 Å². The number of alkyl halides is 3. The van der Waals surface area contributed by atoms with Crippen molar-refractivity contribution in [3.05, 3.63) is 0 Å². The van der Waals surface area contributed by atoms with Crippen molar-refractivity contribution in [2.24, 2.45) is 0 Å². The molecule has 0 aromatic rings. The Hall–Kier alpha value is -0.330. The third kappa shape index (κ3) is 6.12. The number of halogens is 3. The van der Waals surface area contributed by atoms with Crippen LogP contribution in [0.15, 0.2) is 0 Å². The van der Waals surface area contributed by atoms with Gasteiger partial charge in [-0.2, -0.15) is 13.2 Å². The van der Waals surface area contributed by atoms with Crippen molar-refractivity contribution in [2.45, 2.75) is 88.9 Å². The van der Waals surface area contributed by atoms with Gasteiger partial charge in [0.2, 0.25) is 0 Å². The van der Waals surface area contributed by atoms with Crippen molar-refractivity contribution < 1.29 is 22.6 Å². The van der Waals surface area contributed by atoms with Crippen LogP contribution in [0.3, 0.4) is 0 Å². The third-order valence-electron chi connectivity index (χ3n) is 4.28. The Morgan fingerprint density at radius 1 is 1.05 bits per heavy atom. The molecule has 6 heteroatoms. The Morgan fingerprint density at radius 3 is 2.33 bits per heavy atom. The Kier molecular flexibility index (Phi) is 5.91. The number of rotatable bonds is 4. The lowest BCUT2D eigenvalue weighted by molar-refractivity contribution is -0.188. The predicted octanol–water partition coefficient (Wildman–Crippen LogP) is 3.42. The molecule has 124 valence electrons. The van der Waals surface area contributed by atoms with Crippen molar-refractivity contribution in [1.82, 2.24) is 5.32 Å². The van der Waals surface area contributed by atoms with E-state index in [1.54, 1.807) is 0 Å². The summed E-state index contributed by atoms with van der Waals surface area (Å²) >= 11 is 0. The van der Waals surface area contributed by atoms with E-state index in [-0.39, 0.29) is 24.4 Å². The van der Waals surface area contributed by atoms with Crippen molar-refractivity contribution in [3.8, 4) is 0 Å². The van der Waals surface area contributed by atoms with Crippen LogP contribution >= 0.6 is 0 Å². The molecule has 1 N–H and O–H groups in total. The highest BCUT2D eigenvalue weighted by molar-refractivity contribution is 4.85. The molecular formula is C15H26F3NO2. The summed E-state index contributed by atoms with van der Waals surface area (Å²) in [4.78, 5) is 0. The first kappa shape index (κ1) is 17.0. The van der Waals surface area contributed by atoms with E-state index in [2.05, 4.69) is 19.2 Å². The normalized spacial score (nSPS) is 38.4. The smallest absolute Gasteiger partial charge is 0.375 e. The van der Waals surface area contributed by atoms with Crippen molar-refractivity contribution in [1.29, 1.82) is 0 Å². The molecule has 4 atom stereocenters. The van der Waals surface area contributed by atoms with Gasteiger partial charge in [-0.3, -0.25) is 0 Å². The van der Waals surface area contributed by atoms with E-state index in [9.17, 15) is 13.2 Å². The molecule has 1 heterocycles. The Balaban J connectivity index is 1.76. The van der Waals surface area contributed by atoms with Crippen molar-refractivity contribution in [3.63, 3.8) is 0 Å². The molecule has 1 saturated heterocycles. The van der Waals surface area contributed by atoms with E-state index >= 15 is 0 Å². The van der Waals surface area contributed by atoms with Gasteiger partial charge in [-0.05, 0) is 52.4 Å². The molecule has 0 aromatic heterocycles. The molecule has 2 fully saturated rings. The molecule has 0 aromatic carbocycles. The van der Waals surface area contributed by atoms with Crippen molar-refractivity contribution in [2.75, 3.05) is 6.61 Å². The van der Waals surface area contributed by atoms with E-state index in [1.165, 1.54) is 0 Å². The summed E-state index contributed by atoms with van der Waals surface area (Å²) in [6, 6.07) is 0.662. The standard InChI is InChI=1S/C15H26F3NO2/c1-10-6-13(7-11(2)21-10)19-12-4-3-5-14(8-12)20-9-15(16,17)18/h10-14,19H,3-9H2,1-2H3. The van der Waals surface area contributed by atoms with Gasteiger partial charge in [-0.15, -0.1) is 0 Å². The second-order valence-corrected chi connectivity index (χ2v) is 6.50. The molecule has 1 aliphatic carbocycles. The summed E-state index contributed by atoms with van der Waals surface area (Å²) in [6.45, 7) is 3.01. The number of hydrogen-bond acceptors (Lipinski definition) is 3. The second-order valence-electron chi connectivity index (χ2n) is 6.50. The SMILES string of the molecule is CC1CC(NC2CCCC(OCC(F)(F)F)C2)CC(C)O1. The van der Waals surface area contributed by atoms with Gasteiger partial charge in [0.1, 0.15) is 6.61 Å². The average Bonchev–Trinajstić information content (AvgIpc) is 2.35. The Bertz CT molecular complexity index is 315. The minimum Gasteiger partial charge on any atom is -0.375 e. The van der Waals surface area contributed by atoms with Gasteiger partial charge in [0.15, 0.2) is 0 Å². The Morgan fingerprint density at radius 2 is 1.71 bits per heavy atom. The maximum Gasteiger partial charge on any atom is 0.411 e. The maximum absolute atomic E-state index is 12.2. The number of hydrogen-bond donors (Lipinski definition) is 1. The van der Waals surface area contributed by atoms with Gasteiger partial charge < -0.3 is 14.8 Å². The van der Waals surface area contributed by atoms with E-state index in [0.29, 0.717) is 12.5 Å².